The molecule has 2 amide bonds. The van der Waals surface area contributed by atoms with E-state index in [0.29, 0.717) is 5.69 Å². The van der Waals surface area contributed by atoms with Gasteiger partial charge >= 0.3 is 12.1 Å². The third-order valence-corrected chi connectivity index (χ3v) is 4.52. The van der Waals surface area contributed by atoms with Gasteiger partial charge < -0.3 is 15.2 Å². The summed E-state index contributed by atoms with van der Waals surface area (Å²) in [4.78, 5) is 38.4. The number of hydrogen-bond acceptors (Lipinski definition) is 4. The Morgan fingerprint density at radius 2 is 1.53 bits per heavy atom. The number of nitrogens with one attached hydrogen (secondary N) is 1. The number of rotatable bonds is 9. The summed E-state index contributed by atoms with van der Waals surface area (Å²) in [5.41, 5.74) is 1.30. The molecule has 0 saturated heterocycles. The molecule has 2 aromatic rings. The van der Waals surface area contributed by atoms with Crippen LogP contribution in [0.3, 0.4) is 0 Å². The molecule has 2 aromatic carbocycles. The fourth-order valence-electron chi connectivity index (χ4n) is 2.97. The molecule has 0 aliphatic carbocycles. The number of para-hydroxylation sites is 1. The van der Waals surface area contributed by atoms with E-state index in [0.717, 1.165) is 5.56 Å². The van der Waals surface area contributed by atoms with E-state index >= 15 is 0 Å². The Morgan fingerprint density at radius 3 is 2.07 bits per heavy atom. The van der Waals surface area contributed by atoms with E-state index in [2.05, 4.69) is 5.32 Å². The standard InChI is InChI=1S/C23H28N2O5/c1-16(2)14-20(22(27)28)24-21(26)17(3)25(19-12-8-5-9-13-19)23(29)30-15-18-10-6-4-7-11-18/h4-13,16-17,20H,14-15H2,1-3H3,(H,24,26)(H,27,28)/t17-,20-/m0/s1. The van der Waals surface area contributed by atoms with Crippen LogP contribution in [-0.4, -0.2) is 35.2 Å². The first kappa shape index (κ1) is 22.9. The average Bonchev–Trinajstić information content (AvgIpc) is 2.73. The Hall–Kier alpha value is -3.35. The van der Waals surface area contributed by atoms with E-state index in [9.17, 15) is 19.5 Å². The van der Waals surface area contributed by atoms with E-state index in [1.54, 1.807) is 37.3 Å². The second-order valence-corrected chi connectivity index (χ2v) is 7.45. The molecule has 7 heteroatoms. The van der Waals surface area contributed by atoms with Crippen LogP contribution in [0.5, 0.6) is 0 Å². The maximum Gasteiger partial charge on any atom is 0.415 e. The van der Waals surface area contributed by atoms with Crippen molar-refractivity contribution >= 4 is 23.7 Å². The van der Waals surface area contributed by atoms with Crippen molar-refractivity contribution in [1.82, 2.24) is 5.32 Å². The molecule has 0 aliphatic rings. The predicted molar refractivity (Wildman–Crippen MR) is 114 cm³/mol. The summed E-state index contributed by atoms with van der Waals surface area (Å²) in [6.45, 7) is 5.36. The van der Waals surface area contributed by atoms with Gasteiger partial charge in [0, 0.05) is 5.69 Å². The van der Waals surface area contributed by atoms with Crippen LogP contribution in [0.1, 0.15) is 32.8 Å². The maximum absolute atomic E-state index is 12.9. The monoisotopic (exact) mass is 412 g/mol. The van der Waals surface area contributed by atoms with Crippen molar-refractivity contribution in [2.24, 2.45) is 5.92 Å². The Balaban J connectivity index is 2.18. The zero-order chi connectivity index (χ0) is 22.1. The lowest BCUT2D eigenvalue weighted by Gasteiger charge is -2.29. The van der Waals surface area contributed by atoms with E-state index in [1.807, 2.05) is 44.2 Å². The quantitative estimate of drug-likeness (QED) is 0.652. The number of ether oxygens (including phenoxy) is 1. The SMILES string of the molecule is CC(C)C[C@H](NC(=O)[C@H](C)N(C(=O)OCc1ccccc1)c1ccccc1)C(=O)O. The van der Waals surface area contributed by atoms with Gasteiger partial charge in [0.25, 0.3) is 0 Å². The molecule has 0 aliphatic heterocycles. The second kappa shape index (κ2) is 11.0. The highest BCUT2D eigenvalue weighted by atomic mass is 16.6. The van der Waals surface area contributed by atoms with Gasteiger partial charge in [-0.1, -0.05) is 62.4 Å². The van der Waals surface area contributed by atoms with Crippen LogP contribution >= 0.6 is 0 Å². The lowest BCUT2D eigenvalue weighted by molar-refractivity contribution is -0.142. The number of carboxylic acids is 1. The third-order valence-electron chi connectivity index (χ3n) is 4.52. The number of amides is 2. The Labute approximate surface area is 176 Å². The number of carbonyl (C=O) groups excluding carboxylic acids is 2. The van der Waals surface area contributed by atoms with E-state index in [-0.39, 0.29) is 18.9 Å². The van der Waals surface area contributed by atoms with Crippen molar-refractivity contribution in [2.75, 3.05) is 4.90 Å². The number of aliphatic carboxylic acids is 1. The van der Waals surface area contributed by atoms with Crippen LogP contribution in [-0.2, 0) is 20.9 Å². The summed E-state index contributed by atoms with van der Waals surface area (Å²) in [7, 11) is 0. The van der Waals surface area contributed by atoms with Crippen molar-refractivity contribution in [1.29, 1.82) is 0 Å². The third kappa shape index (κ3) is 6.62. The molecule has 2 N–H and O–H groups in total. The second-order valence-electron chi connectivity index (χ2n) is 7.45. The van der Waals surface area contributed by atoms with E-state index in [4.69, 9.17) is 4.74 Å². The first-order valence-electron chi connectivity index (χ1n) is 9.87. The van der Waals surface area contributed by atoms with Gasteiger partial charge in [-0.25, -0.2) is 9.59 Å². The molecule has 2 rings (SSSR count). The van der Waals surface area contributed by atoms with Crippen molar-refractivity contribution in [2.45, 2.75) is 45.9 Å². The lowest BCUT2D eigenvalue weighted by Crippen LogP contribution is -2.52. The minimum Gasteiger partial charge on any atom is -0.480 e. The van der Waals surface area contributed by atoms with Gasteiger partial charge in [0.05, 0.1) is 0 Å². The summed E-state index contributed by atoms with van der Waals surface area (Å²) in [5, 5.41) is 11.9. The number of hydrogen-bond donors (Lipinski definition) is 2. The molecule has 0 unspecified atom stereocenters. The van der Waals surface area contributed by atoms with Gasteiger partial charge in [-0.2, -0.15) is 0 Å². The Bertz CT molecular complexity index is 839. The average molecular weight is 412 g/mol. The minimum absolute atomic E-state index is 0.0580. The largest absolute Gasteiger partial charge is 0.480 e. The summed E-state index contributed by atoms with van der Waals surface area (Å²) in [5.74, 6) is -1.59. The summed E-state index contributed by atoms with van der Waals surface area (Å²) in [6, 6.07) is 15.9. The van der Waals surface area contributed by atoms with Gasteiger partial charge in [0.1, 0.15) is 18.7 Å². The number of benzene rings is 2. The number of carbonyl (C=O) groups is 3. The first-order valence-corrected chi connectivity index (χ1v) is 9.87. The van der Waals surface area contributed by atoms with Crippen molar-refractivity contribution in [3.8, 4) is 0 Å². The highest BCUT2D eigenvalue weighted by molar-refractivity contribution is 5.98. The highest BCUT2D eigenvalue weighted by Crippen LogP contribution is 2.19. The molecule has 2 atom stereocenters. The number of anilines is 1. The predicted octanol–water partition coefficient (Wildman–Crippen LogP) is 3.83. The zero-order valence-electron chi connectivity index (χ0n) is 17.4. The van der Waals surface area contributed by atoms with Gasteiger partial charge in [-0.3, -0.25) is 9.69 Å². The Morgan fingerprint density at radius 1 is 0.967 bits per heavy atom. The summed E-state index contributed by atoms with van der Waals surface area (Å²) in [6.07, 6.45) is -0.402. The van der Waals surface area contributed by atoms with Gasteiger partial charge in [0.2, 0.25) is 5.91 Å². The zero-order valence-corrected chi connectivity index (χ0v) is 17.4. The van der Waals surface area contributed by atoms with Crippen LogP contribution in [0.15, 0.2) is 60.7 Å². The van der Waals surface area contributed by atoms with E-state index < -0.39 is 30.1 Å². The van der Waals surface area contributed by atoms with Gasteiger partial charge in [0.15, 0.2) is 0 Å². The molecule has 0 aromatic heterocycles. The molecule has 0 radical (unpaired) electrons. The highest BCUT2D eigenvalue weighted by Gasteiger charge is 2.31. The molecule has 0 bridgehead atoms. The minimum atomic E-state index is -1.11. The lowest BCUT2D eigenvalue weighted by atomic mass is 10.0. The molecule has 7 nitrogen and oxygen atoms in total. The summed E-state index contributed by atoms with van der Waals surface area (Å²) >= 11 is 0. The van der Waals surface area contributed by atoms with Crippen LogP contribution in [0.4, 0.5) is 10.5 Å². The maximum atomic E-state index is 12.9. The fourth-order valence-corrected chi connectivity index (χ4v) is 2.97. The molecule has 0 saturated carbocycles. The van der Waals surface area contributed by atoms with Crippen LogP contribution < -0.4 is 10.2 Å². The van der Waals surface area contributed by atoms with E-state index in [1.165, 1.54) is 4.90 Å². The molecule has 0 spiro atoms. The summed E-state index contributed by atoms with van der Waals surface area (Å²) < 4.78 is 5.42. The molecule has 160 valence electrons. The smallest absolute Gasteiger partial charge is 0.415 e. The van der Waals surface area contributed by atoms with Crippen LogP contribution in [0, 0.1) is 5.92 Å². The molecule has 0 fully saturated rings. The fraction of sp³-hybridized carbons (Fsp3) is 0.348. The van der Waals surface area contributed by atoms with Gasteiger partial charge in [-0.15, -0.1) is 0 Å². The van der Waals surface area contributed by atoms with Crippen molar-refractivity contribution in [3.05, 3.63) is 66.2 Å². The van der Waals surface area contributed by atoms with Crippen molar-refractivity contribution < 1.29 is 24.2 Å². The first-order chi connectivity index (χ1) is 14.3. The van der Waals surface area contributed by atoms with Gasteiger partial charge in [-0.05, 0) is 37.0 Å². The molecule has 0 heterocycles. The Kier molecular flexibility index (Phi) is 8.41. The molecular weight excluding hydrogens is 384 g/mol. The van der Waals surface area contributed by atoms with Crippen LogP contribution in [0.2, 0.25) is 0 Å². The normalized spacial score (nSPS) is 12.7. The molecular formula is C23H28N2O5. The van der Waals surface area contributed by atoms with Crippen LogP contribution in [0.25, 0.3) is 0 Å². The topological polar surface area (TPSA) is 95.9 Å². The molecule has 30 heavy (non-hydrogen) atoms. The van der Waals surface area contributed by atoms with Crippen molar-refractivity contribution in [3.63, 3.8) is 0 Å². The number of nitrogens with zero attached hydrogens (tertiary/aromatic N) is 1. The number of carboxylic acid groups (broad SMARTS) is 1.